The van der Waals surface area contributed by atoms with Crippen molar-refractivity contribution in [2.24, 2.45) is 0 Å². The number of hydrogen-bond acceptors (Lipinski definition) is 4. The van der Waals surface area contributed by atoms with Gasteiger partial charge in [0.25, 0.3) is 0 Å². The minimum Gasteiger partial charge on any atom is -0.489 e. The molecule has 0 saturated carbocycles. The van der Waals surface area contributed by atoms with Crippen LogP contribution >= 0.6 is 11.6 Å². The first kappa shape index (κ1) is 23.4. The molecule has 0 fully saturated rings. The minimum atomic E-state index is -3.80. The second-order valence-corrected chi connectivity index (χ2v) is 8.03. The molecule has 1 amide bonds. The van der Waals surface area contributed by atoms with E-state index in [1.807, 2.05) is 30.3 Å². The lowest BCUT2D eigenvalue weighted by Crippen LogP contribution is -2.33. The lowest BCUT2D eigenvalue weighted by Gasteiger charge is -2.14. The van der Waals surface area contributed by atoms with E-state index >= 15 is 0 Å². The maximum Gasteiger partial charge on any atom is 0.366 e. The van der Waals surface area contributed by atoms with Crippen molar-refractivity contribution < 1.29 is 18.3 Å². The largest absolute Gasteiger partial charge is 0.489 e. The Bertz CT molecular complexity index is 1280. The van der Waals surface area contributed by atoms with E-state index < -0.39 is 17.5 Å². The lowest BCUT2D eigenvalue weighted by atomic mass is 10.2. The van der Waals surface area contributed by atoms with Crippen molar-refractivity contribution in [2.45, 2.75) is 26.0 Å². The third-order valence-corrected chi connectivity index (χ3v) is 5.31. The highest BCUT2D eigenvalue weighted by Gasteiger charge is 2.42. The van der Waals surface area contributed by atoms with Crippen LogP contribution < -0.4 is 10.1 Å². The van der Waals surface area contributed by atoms with Crippen molar-refractivity contribution in [1.82, 2.24) is 14.8 Å². The maximum atomic E-state index is 14.5. The molecule has 34 heavy (non-hydrogen) atoms. The number of rotatable bonds is 8. The number of anilines is 1. The van der Waals surface area contributed by atoms with Gasteiger partial charge in [0.15, 0.2) is 5.82 Å². The molecular weight excluding hydrogens is 462 g/mol. The van der Waals surface area contributed by atoms with Crippen LogP contribution in [0.15, 0.2) is 79.0 Å². The number of aromatic nitrogens is 3. The monoisotopic (exact) mass is 482 g/mol. The lowest BCUT2D eigenvalue weighted by molar-refractivity contribution is -0.141. The molecule has 0 aliphatic rings. The van der Waals surface area contributed by atoms with Crippen molar-refractivity contribution in [2.75, 3.05) is 5.32 Å². The summed E-state index contributed by atoms with van der Waals surface area (Å²) in [5.74, 6) is -4.68. The van der Waals surface area contributed by atoms with Gasteiger partial charge in [0, 0.05) is 28.5 Å². The molecule has 4 aromatic rings. The highest BCUT2D eigenvalue weighted by Crippen LogP contribution is 2.29. The van der Waals surface area contributed by atoms with Crippen LogP contribution in [0.3, 0.4) is 0 Å². The Hall–Kier alpha value is -3.78. The molecule has 0 atom stereocenters. The summed E-state index contributed by atoms with van der Waals surface area (Å²) < 4.78 is 36.5. The number of benzene rings is 2. The summed E-state index contributed by atoms with van der Waals surface area (Å²) in [4.78, 5) is 15.8. The predicted molar refractivity (Wildman–Crippen MR) is 125 cm³/mol. The van der Waals surface area contributed by atoms with Gasteiger partial charge < -0.3 is 10.1 Å². The first-order chi connectivity index (χ1) is 16.3. The summed E-state index contributed by atoms with van der Waals surface area (Å²) >= 11 is 6.19. The molecule has 0 saturated heterocycles. The van der Waals surface area contributed by atoms with Crippen LogP contribution in [-0.2, 0) is 23.9 Å². The normalized spacial score (nSPS) is 11.3. The number of nitrogens with zero attached hydrogens (tertiary/aromatic N) is 3. The van der Waals surface area contributed by atoms with Crippen LogP contribution in [0.4, 0.5) is 14.6 Å². The molecule has 4 rings (SSSR count). The fourth-order valence-electron chi connectivity index (χ4n) is 3.30. The molecular formula is C25H21ClF2N4O2. The van der Waals surface area contributed by atoms with Crippen LogP contribution in [0, 0.1) is 6.92 Å². The van der Waals surface area contributed by atoms with Crippen LogP contribution in [0.25, 0.3) is 0 Å². The standard InChI is InChI=1S/C25H21ClF2N4O2/c1-17-13-23(30-24(33)25(27,28)22-9-5-6-12-29-22)31-32(17)15-19-14-20(26)10-11-21(19)34-16-18-7-3-2-4-8-18/h2-14H,15-16H2,1H3,(H,30,31,33). The second-order valence-electron chi connectivity index (χ2n) is 7.60. The third-order valence-electron chi connectivity index (χ3n) is 5.07. The fourth-order valence-corrected chi connectivity index (χ4v) is 3.49. The zero-order valence-corrected chi connectivity index (χ0v) is 19.0. The van der Waals surface area contributed by atoms with Crippen molar-refractivity contribution in [3.8, 4) is 5.75 Å². The number of ether oxygens (including phenoxy) is 1. The van der Waals surface area contributed by atoms with E-state index in [-0.39, 0.29) is 12.4 Å². The number of carbonyl (C=O) groups excluding carboxylic acids is 1. The number of amides is 1. The number of pyridine rings is 1. The first-order valence-electron chi connectivity index (χ1n) is 10.4. The van der Waals surface area contributed by atoms with Crippen LogP contribution in [-0.4, -0.2) is 20.7 Å². The smallest absolute Gasteiger partial charge is 0.366 e. The zero-order chi connectivity index (χ0) is 24.1. The molecule has 0 aliphatic heterocycles. The van der Waals surface area contributed by atoms with E-state index in [0.29, 0.717) is 23.1 Å². The van der Waals surface area contributed by atoms with Gasteiger partial charge in [-0.05, 0) is 42.8 Å². The average Bonchev–Trinajstić information content (AvgIpc) is 3.18. The molecule has 0 bridgehead atoms. The predicted octanol–water partition coefficient (Wildman–Crippen LogP) is 5.60. The SMILES string of the molecule is Cc1cc(NC(=O)C(F)(F)c2ccccn2)nn1Cc1cc(Cl)ccc1OCc1ccccc1. The minimum absolute atomic E-state index is 0.00638. The summed E-state index contributed by atoms with van der Waals surface area (Å²) in [5, 5.41) is 6.98. The summed E-state index contributed by atoms with van der Waals surface area (Å²) in [6.07, 6.45) is 1.21. The van der Waals surface area contributed by atoms with Crippen LogP contribution in [0.5, 0.6) is 5.75 Å². The van der Waals surface area contributed by atoms with Crippen molar-refractivity contribution >= 4 is 23.3 Å². The molecule has 2 aromatic heterocycles. The molecule has 0 unspecified atom stereocenters. The fraction of sp³-hybridized carbons (Fsp3) is 0.160. The van der Waals surface area contributed by atoms with Crippen LogP contribution in [0.2, 0.25) is 5.02 Å². The highest BCUT2D eigenvalue weighted by molar-refractivity contribution is 6.30. The average molecular weight is 483 g/mol. The Morgan fingerprint density at radius 1 is 1.09 bits per heavy atom. The first-order valence-corrected chi connectivity index (χ1v) is 10.8. The topological polar surface area (TPSA) is 69.0 Å². The number of aryl methyl sites for hydroxylation is 1. The molecule has 1 N–H and O–H groups in total. The van der Waals surface area contributed by atoms with E-state index in [9.17, 15) is 13.6 Å². The Morgan fingerprint density at radius 2 is 1.85 bits per heavy atom. The zero-order valence-electron chi connectivity index (χ0n) is 18.2. The summed E-state index contributed by atoms with van der Waals surface area (Å²) in [6, 6.07) is 20.5. The summed E-state index contributed by atoms with van der Waals surface area (Å²) in [5.41, 5.74) is 1.79. The van der Waals surface area contributed by atoms with E-state index in [4.69, 9.17) is 16.3 Å². The molecule has 9 heteroatoms. The van der Waals surface area contributed by atoms with Gasteiger partial charge in [-0.25, -0.2) is 0 Å². The Kier molecular flexibility index (Phi) is 6.88. The number of carbonyl (C=O) groups is 1. The Morgan fingerprint density at radius 3 is 2.59 bits per heavy atom. The number of nitrogens with one attached hydrogen (secondary N) is 1. The molecule has 2 heterocycles. The quantitative estimate of drug-likeness (QED) is 0.355. The summed E-state index contributed by atoms with van der Waals surface area (Å²) in [7, 11) is 0. The van der Waals surface area contributed by atoms with E-state index in [1.165, 1.54) is 24.4 Å². The molecule has 6 nitrogen and oxygen atoms in total. The second kappa shape index (κ2) is 10.0. The van der Waals surface area contributed by atoms with E-state index in [1.54, 1.807) is 29.8 Å². The number of alkyl halides is 2. The Labute approximate surface area is 200 Å². The maximum absolute atomic E-state index is 14.5. The van der Waals surface area contributed by atoms with E-state index in [2.05, 4.69) is 15.4 Å². The number of hydrogen-bond donors (Lipinski definition) is 1. The molecule has 2 aromatic carbocycles. The van der Waals surface area contributed by atoms with Gasteiger partial charge in [0.05, 0.1) is 6.54 Å². The van der Waals surface area contributed by atoms with Crippen molar-refractivity contribution in [3.05, 3.63) is 107 Å². The van der Waals surface area contributed by atoms with Gasteiger partial charge in [-0.3, -0.25) is 14.5 Å². The molecule has 0 radical (unpaired) electrons. The molecule has 174 valence electrons. The summed E-state index contributed by atoms with van der Waals surface area (Å²) in [6.45, 7) is 2.40. The van der Waals surface area contributed by atoms with Gasteiger partial charge >= 0.3 is 11.8 Å². The van der Waals surface area contributed by atoms with Crippen LogP contribution in [0.1, 0.15) is 22.5 Å². The van der Waals surface area contributed by atoms with Gasteiger partial charge in [0.2, 0.25) is 0 Å². The van der Waals surface area contributed by atoms with Gasteiger partial charge in [0.1, 0.15) is 18.1 Å². The third kappa shape index (κ3) is 5.40. The van der Waals surface area contributed by atoms with Crippen molar-refractivity contribution in [3.63, 3.8) is 0 Å². The van der Waals surface area contributed by atoms with Gasteiger partial charge in [-0.15, -0.1) is 0 Å². The number of halogens is 3. The molecule has 0 aliphatic carbocycles. The van der Waals surface area contributed by atoms with Gasteiger partial charge in [-0.1, -0.05) is 48.0 Å². The highest BCUT2D eigenvalue weighted by atomic mass is 35.5. The molecule has 0 spiro atoms. The Balaban J connectivity index is 1.50. The van der Waals surface area contributed by atoms with E-state index in [0.717, 1.165) is 17.2 Å². The van der Waals surface area contributed by atoms with Gasteiger partial charge in [-0.2, -0.15) is 13.9 Å². The van der Waals surface area contributed by atoms with Crippen molar-refractivity contribution in [1.29, 1.82) is 0 Å².